The van der Waals surface area contributed by atoms with E-state index in [2.05, 4.69) is 4.72 Å². The topological polar surface area (TPSA) is 81.4 Å². The zero-order valence-corrected chi connectivity index (χ0v) is 14.1. The van der Waals surface area contributed by atoms with Crippen molar-refractivity contribution in [3.8, 4) is 0 Å². The average molecular weight is 320 g/mol. The van der Waals surface area contributed by atoms with Crippen molar-refractivity contribution in [3.63, 3.8) is 0 Å². The lowest BCUT2D eigenvalue weighted by Gasteiger charge is -2.21. The van der Waals surface area contributed by atoms with Crippen LogP contribution in [0.25, 0.3) is 0 Å². The molecule has 1 unspecified atom stereocenters. The third kappa shape index (κ3) is 4.53. The molecule has 0 aliphatic heterocycles. The van der Waals surface area contributed by atoms with Gasteiger partial charge in [-0.3, -0.25) is 0 Å². The fraction of sp³-hybridized carbons (Fsp3) is 0.692. The van der Waals surface area contributed by atoms with Crippen LogP contribution in [0.15, 0.2) is 11.0 Å². The predicted molar refractivity (Wildman–Crippen MR) is 82.4 cm³/mol. The first-order valence-corrected chi connectivity index (χ1v) is 9.01. The van der Waals surface area contributed by atoms with Crippen molar-refractivity contribution in [2.24, 2.45) is 11.7 Å². The minimum atomic E-state index is -3.53. The molecule has 1 heterocycles. The molecule has 0 aromatic carbocycles. The largest absolute Gasteiger partial charge is 0.380 e. The molecule has 20 heavy (non-hydrogen) atoms. The van der Waals surface area contributed by atoms with Crippen molar-refractivity contribution < 1.29 is 13.2 Å². The molecule has 0 spiro atoms. The van der Waals surface area contributed by atoms with Gasteiger partial charge in [0.25, 0.3) is 0 Å². The molecule has 1 aromatic rings. The second kappa shape index (κ2) is 7.51. The van der Waals surface area contributed by atoms with Gasteiger partial charge >= 0.3 is 0 Å². The number of thiophene rings is 1. The van der Waals surface area contributed by atoms with Gasteiger partial charge in [-0.2, -0.15) is 0 Å². The van der Waals surface area contributed by atoms with Gasteiger partial charge in [0.15, 0.2) is 0 Å². The summed E-state index contributed by atoms with van der Waals surface area (Å²) in [5.74, 6) is 0.157. The van der Waals surface area contributed by atoms with Crippen molar-refractivity contribution >= 4 is 21.4 Å². The molecule has 0 aliphatic carbocycles. The van der Waals surface area contributed by atoms with Gasteiger partial charge in [-0.1, -0.05) is 13.8 Å². The van der Waals surface area contributed by atoms with Gasteiger partial charge in [0.2, 0.25) is 10.0 Å². The highest BCUT2D eigenvalue weighted by atomic mass is 32.2. The van der Waals surface area contributed by atoms with Crippen LogP contribution in [-0.2, 0) is 21.3 Å². The van der Waals surface area contributed by atoms with E-state index in [9.17, 15) is 8.42 Å². The molecule has 116 valence electrons. The van der Waals surface area contributed by atoms with Crippen LogP contribution in [0, 0.1) is 12.8 Å². The summed E-state index contributed by atoms with van der Waals surface area (Å²) in [6.45, 7) is 8.93. The number of ether oxygens (including phenoxy) is 1. The van der Waals surface area contributed by atoms with E-state index < -0.39 is 10.0 Å². The summed E-state index contributed by atoms with van der Waals surface area (Å²) in [4.78, 5) is 1.95. The smallest absolute Gasteiger partial charge is 0.242 e. The van der Waals surface area contributed by atoms with Crippen molar-refractivity contribution in [3.05, 3.63) is 15.8 Å². The Labute approximate surface area is 125 Å². The van der Waals surface area contributed by atoms with E-state index >= 15 is 0 Å². The summed E-state index contributed by atoms with van der Waals surface area (Å²) in [6, 6.07) is 1.42. The van der Waals surface area contributed by atoms with Crippen LogP contribution in [0.1, 0.15) is 30.5 Å². The van der Waals surface area contributed by atoms with Crippen molar-refractivity contribution in [1.82, 2.24) is 4.72 Å². The molecular weight excluding hydrogens is 296 g/mol. The van der Waals surface area contributed by atoms with Gasteiger partial charge < -0.3 is 10.5 Å². The number of nitrogens with one attached hydrogen (secondary N) is 1. The highest BCUT2D eigenvalue weighted by Gasteiger charge is 2.25. The van der Waals surface area contributed by atoms with E-state index in [0.717, 1.165) is 9.75 Å². The molecule has 1 rings (SSSR count). The summed E-state index contributed by atoms with van der Waals surface area (Å²) in [5, 5.41) is 0. The van der Waals surface area contributed by atoms with Crippen LogP contribution in [0.4, 0.5) is 0 Å². The van der Waals surface area contributed by atoms with Crippen LogP contribution in [0.5, 0.6) is 0 Å². The third-order valence-electron chi connectivity index (χ3n) is 3.03. The number of sulfonamides is 1. The Morgan fingerprint density at radius 2 is 2.10 bits per heavy atom. The summed E-state index contributed by atoms with van der Waals surface area (Å²) < 4.78 is 33.0. The van der Waals surface area contributed by atoms with Crippen LogP contribution in [0.3, 0.4) is 0 Å². The maximum atomic E-state index is 12.5. The number of nitrogens with two attached hydrogens (primary N) is 1. The van der Waals surface area contributed by atoms with Gasteiger partial charge in [-0.25, -0.2) is 13.1 Å². The van der Waals surface area contributed by atoms with E-state index in [1.807, 2.05) is 20.8 Å². The number of hydrogen-bond acceptors (Lipinski definition) is 5. The van der Waals surface area contributed by atoms with Crippen LogP contribution >= 0.6 is 11.3 Å². The molecule has 1 atom stereocenters. The first kappa shape index (κ1) is 17.6. The summed E-state index contributed by atoms with van der Waals surface area (Å²) >= 11 is 1.42. The maximum Gasteiger partial charge on any atom is 0.242 e. The van der Waals surface area contributed by atoms with E-state index in [4.69, 9.17) is 10.5 Å². The van der Waals surface area contributed by atoms with Gasteiger partial charge in [-0.15, -0.1) is 11.3 Å². The van der Waals surface area contributed by atoms with Gasteiger partial charge in [0, 0.05) is 28.9 Å². The Morgan fingerprint density at radius 3 is 2.55 bits per heavy atom. The first-order chi connectivity index (χ1) is 9.31. The van der Waals surface area contributed by atoms with Crippen molar-refractivity contribution in [2.45, 2.75) is 45.2 Å². The second-order valence-electron chi connectivity index (χ2n) is 4.97. The SMILES string of the molecule is CCOCC(NS(=O)(=O)c1cc(CN)sc1C)C(C)C. The third-order valence-corrected chi connectivity index (χ3v) is 5.84. The van der Waals surface area contributed by atoms with Crippen LogP contribution < -0.4 is 10.5 Å². The Bertz CT molecular complexity index is 524. The van der Waals surface area contributed by atoms with E-state index in [1.165, 1.54) is 11.3 Å². The molecule has 1 aromatic heterocycles. The normalized spacial score (nSPS) is 13.9. The molecule has 0 saturated heterocycles. The van der Waals surface area contributed by atoms with E-state index in [1.54, 1.807) is 13.0 Å². The van der Waals surface area contributed by atoms with E-state index in [-0.39, 0.29) is 12.0 Å². The minimum Gasteiger partial charge on any atom is -0.380 e. The summed E-state index contributed by atoms with van der Waals surface area (Å²) in [7, 11) is -3.53. The molecule has 0 saturated carbocycles. The monoisotopic (exact) mass is 320 g/mol. The van der Waals surface area contributed by atoms with E-state index in [0.29, 0.717) is 24.7 Å². The standard InChI is InChI=1S/C13H24N2O3S2/c1-5-18-8-12(9(2)3)15-20(16,17)13-6-11(7-14)19-10(13)4/h6,9,12,15H,5,7-8,14H2,1-4H3. The molecule has 7 heteroatoms. The second-order valence-corrected chi connectivity index (χ2v) is 7.99. The Hall–Kier alpha value is -0.470. The van der Waals surface area contributed by atoms with Gasteiger partial charge in [0.05, 0.1) is 11.5 Å². The minimum absolute atomic E-state index is 0.157. The summed E-state index contributed by atoms with van der Waals surface area (Å²) in [6.07, 6.45) is 0. The van der Waals surface area contributed by atoms with Gasteiger partial charge in [0.1, 0.15) is 0 Å². The zero-order chi connectivity index (χ0) is 15.3. The maximum absolute atomic E-state index is 12.5. The molecule has 0 amide bonds. The molecule has 0 radical (unpaired) electrons. The highest BCUT2D eigenvalue weighted by Crippen LogP contribution is 2.25. The molecule has 0 fully saturated rings. The predicted octanol–water partition coefficient (Wildman–Crippen LogP) is 1.85. The van der Waals surface area contributed by atoms with Gasteiger partial charge in [-0.05, 0) is 25.8 Å². The number of rotatable bonds is 8. The Kier molecular flexibility index (Phi) is 6.60. The molecule has 0 bridgehead atoms. The lowest BCUT2D eigenvalue weighted by atomic mass is 10.1. The summed E-state index contributed by atoms with van der Waals surface area (Å²) in [5.41, 5.74) is 5.57. The lowest BCUT2D eigenvalue weighted by molar-refractivity contribution is 0.116. The Balaban J connectivity index is 2.94. The van der Waals surface area contributed by atoms with Crippen molar-refractivity contribution in [1.29, 1.82) is 0 Å². The van der Waals surface area contributed by atoms with Crippen molar-refractivity contribution in [2.75, 3.05) is 13.2 Å². The highest BCUT2D eigenvalue weighted by molar-refractivity contribution is 7.89. The lowest BCUT2D eigenvalue weighted by Crippen LogP contribution is -2.41. The first-order valence-electron chi connectivity index (χ1n) is 6.71. The molecule has 3 N–H and O–H groups in total. The Morgan fingerprint density at radius 1 is 1.45 bits per heavy atom. The quantitative estimate of drug-likeness (QED) is 0.766. The molecule has 5 nitrogen and oxygen atoms in total. The van der Waals surface area contributed by atoms with Crippen LogP contribution in [-0.4, -0.2) is 27.7 Å². The fourth-order valence-corrected chi connectivity index (χ4v) is 4.64. The molecule has 0 aliphatic rings. The zero-order valence-electron chi connectivity index (χ0n) is 12.5. The fourth-order valence-electron chi connectivity index (χ4n) is 1.76. The number of aryl methyl sites for hydroxylation is 1. The number of hydrogen-bond donors (Lipinski definition) is 2. The van der Waals surface area contributed by atoms with Crippen LogP contribution in [0.2, 0.25) is 0 Å². The average Bonchev–Trinajstić information content (AvgIpc) is 2.76. The molecular formula is C13H24N2O3S2.